The molecule has 0 aliphatic carbocycles. The highest BCUT2D eigenvalue weighted by molar-refractivity contribution is 6.31. The third-order valence-electron chi connectivity index (χ3n) is 3.33. The van der Waals surface area contributed by atoms with E-state index in [1.807, 2.05) is 55.4 Å². The average molecular weight is 354 g/mol. The van der Waals surface area contributed by atoms with Crippen LogP contribution in [0.4, 0.5) is 11.4 Å². The van der Waals surface area contributed by atoms with Gasteiger partial charge in [-0.25, -0.2) is 0 Å². The lowest BCUT2D eigenvalue weighted by Crippen LogP contribution is -2.37. The predicted molar refractivity (Wildman–Crippen MR) is 99.8 cm³/mol. The van der Waals surface area contributed by atoms with Crippen molar-refractivity contribution in [1.29, 1.82) is 0 Å². The van der Waals surface area contributed by atoms with Crippen molar-refractivity contribution in [1.82, 2.24) is 0 Å². The second-order valence-corrected chi connectivity index (χ2v) is 5.78. The number of hydrogen-bond donors (Lipinski definition) is 2. The van der Waals surface area contributed by atoms with Crippen LogP contribution in [0.5, 0.6) is 0 Å². The minimum absolute atomic E-state index is 0. The molecule has 2 aromatic carbocycles. The molecule has 4 nitrogen and oxygen atoms in total. The van der Waals surface area contributed by atoms with Crippen LogP contribution in [-0.4, -0.2) is 26.0 Å². The molecule has 0 spiro atoms. The number of hydrogen-bond acceptors (Lipinski definition) is 3. The summed E-state index contributed by atoms with van der Waals surface area (Å²) in [6.45, 7) is 0. The van der Waals surface area contributed by atoms with Gasteiger partial charge < -0.3 is 16.0 Å². The van der Waals surface area contributed by atoms with Gasteiger partial charge in [0.25, 0.3) is 0 Å². The first kappa shape index (κ1) is 19.3. The Morgan fingerprint density at radius 3 is 2.48 bits per heavy atom. The van der Waals surface area contributed by atoms with Crippen molar-refractivity contribution < 1.29 is 4.79 Å². The Balaban J connectivity index is 0.00000264. The molecular formula is C17H21Cl2N3O. The van der Waals surface area contributed by atoms with Gasteiger partial charge in [0, 0.05) is 19.1 Å². The van der Waals surface area contributed by atoms with Crippen LogP contribution in [0.15, 0.2) is 48.5 Å². The van der Waals surface area contributed by atoms with Gasteiger partial charge in [-0.2, -0.15) is 0 Å². The quantitative estimate of drug-likeness (QED) is 0.866. The molecule has 0 radical (unpaired) electrons. The molecule has 0 bridgehead atoms. The molecule has 6 heteroatoms. The van der Waals surface area contributed by atoms with Gasteiger partial charge in [-0.05, 0) is 30.2 Å². The van der Waals surface area contributed by atoms with E-state index < -0.39 is 6.04 Å². The Bertz CT molecular complexity index is 648. The molecule has 2 aromatic rings. The van der Waals surface area contributed by atoms with E-state index in [4.69, 9.17) is 17.3 Å². The number of rotatable bonds is 5. The molecule has 1 atom stereocenters. The first-order valence-electron chi connectivity index (χ1n) is 7.04. The first-order valence-corrected chi connectivity index (χ1v) is 7.42. The number of nitrogens with two attached hydrogens (primary N) is 1. The summed E-state index contributed by atoms with van der Waals surface area (Å²) in [6.07, 6.45) is 0.491. The fourth-order valence-corrected chi connectivity index (χ4v) is 2.36. The van der Waals surface area contributed by atoms with Crippen LogP contribution in [0.25, 0.3) is 0 Å². The van der Waals surface area contributed by atoms with Crippen LogP contribution >= 0.6 is 24.0 Å². The largest absolute Gasteiger partial charge is 0.376 e. The zero-order chi connectivity index (χ0) is 16.1. The summed E-state index contributed by atoms with van der Waals surface area (Å²) >= 11 is 6.01. The van der Waals surface area contributed by atoms with Gasteiger partial charge in [0.05, 0.1) is 17.4 Å². The lowest BCUT2D eigenvalue weighted by molar-refractivity contribution is -0.117. The molecule has 0 aliphatic heterocycles. The lowest BCUT2D eigenvalue weighted by Gasteiger charge is -2.19. The molecular weight excluding hydrogens is 333 g/mol. The number of nitrogens with one attached hydrogen (secondary N) is 1. The third-order valence-corrected chi connectivity index (χ3v) is 3.57. The van der Waals surface area contributed by atoms with Crippen molar-refractivity contribution in [3.05, 3.63) is 59.1 Å². The molecule has 0 saturated carbocycles. The van der Waals surface area contributed by atoms with Crippen molar-refractivity contribution in [3.8, 4) is 0 Å². The summed E-state index contributed by atoms with van der Waals surface area (Å²) in [5.41, 5.74) is 8.57. The molecule has 0 fully saturated rings. The summed E-state index contributed by atoms with van der Waals surface area (Å²) in [6, 6.07) is 14.5. The van der Waals surface area contributed by atoms with Crippen LogP contribution in [0.2, 0.25) is 5.02 Å². The van der Waals surface area contributed by atoms with Gasteiger partial charge in [-0.1, -0.05) is 41.9 Å². The van der Waals surface area contributed by atoms with E-state index in [2.05, 4.69) is 5.32 Å². The molecule has 0 unspecified atom stereocenters. The van der Waals surface area contributed by atoms with E-state index in [9.17, 15) is 4.79 Å². The van der Waals surface area contributed by atoms with Gasteiger partial charge in [0.15, 0.2) is 0 Å². The number of carbonyl (C=O) groups excluding carboxylic acids is 1. The minimum Gasteiger partial charge on any atom is -0.376 e. The normalized spacial score (nSPS) is 11.3. The average Bonchev–Trinajstić information content (AvgIpc) is 2.48. The van der Waals surface area contributed by atoms with E-state index in [0.29, 0.717) is 17.1 Å². The van der Waals surface area contributed by atoms with Gasteiger partial charge in [0.2, 0.25) is 5.91 Å². The van der Waals surface area contributed by atoms with Crippen LogP contribution < -0.4 is 16.0 Å². The first-order chi connectivity index (χ1) is 10.5. The molecule has 0 heterocycles. The maximum atomic E-state index is 12.3. The number of nitrogens with zero attached hydrogens (tertiary/aromatic N) is 1. The number of halogens is 2. The van der Waals surface area contributed by atoms with E-state index in [-0.39, 0.29) is 18.3 Å². The Labute approximate surface area is 148 Å². The molecule has 0 saturated heterocycles. The molecule has 1 amide bonds. The Kier molecular flexibility index (Phi) is 7.36. The molecule has 0 aromatic heterocycles. The molecule has 0 aliphatic rings. The zero-order valence-corrected chi connectivity index (χ0v) is 14.7. The fourth-order valence-electron chi connectivity index (χ4n) is 2.18. The molecule has 2 rings (SSSR count). The van der Waals surface area contributed by atoms with Crippen LogP contribution in [-0.2, 0) is 11.2 Å². The van der Waals surface area contributed by atoms with Crippen LogP contribution in [0, 0.1) is 0 Å². The highest BCUT2D eigenvalue weighted by Crippen LogP contribution is 2.27. The maximum Gasteiger partial charge on any atom is 0.241 e. The van der Waals surface area contributed by atoms with Gasteiger partial charge >= 0.3 is 0 Å². The molecule has 124 valence electrons. The number of benzene rings is 2. The lowest BCUT2D eigenvalue weighted by atomic mass is 10.1. The van der Waals surface area contributed by atoms with Crippen molar-refractivity contribution in [2.45, 2.75) is 12.5 Å². The van der Waals surface area contributed by atoms with E-state index >= 15 is 0 Å². The Morgan fingerprint density at radius 2 is 1.87 bits per heavy atom. The van der Waals surface area contributed by atoms with Crippen LogP contribution in [0.3, 0.4) is 0 Å². The summed E-state index contributed by atoms with van der Waals surface area (Å²) < 4.78 is 0. The number of anilines is 2. The van der Waals surface area contributed by atoms with Gasteiger partial charge in [-0.3, -0.25) is 4.79 Å². The summed E-state index contributed by atoms with van der Waals surface area (Å²) in [5, 5.41) is 3.43. The van der Waals surface area contributed by atoms with Crippen molar-refractivity contribution in [3.63, 3.8) is 0 Å². The van der Waals surface area contributed by atoms with Gasteiger partial charge in [0.1, 0.15) is 0 Å². The van der Waals surface area contributed by atoms with E-state index in [0.717, 1.165) is 11.3 Å². The molecule has 23 heavy (non-hydrogen) atoms. The smallest absolute Gasteiger partial charge is 0.241 e. The van der Waals surface area contributed by atoms with Gasteiger partial charge in [-0.15, -0.1) is 12.4 Å². The minimum atomic E-state index is -0.614. The standard InChI is InChI=1S/C17H20ClN3O.ClH/c1-21(2)16-9-8-13(18)11-15(16)20-17(22)14(19)10-12-6-4-3-5-7-12;/h3-9,11,14H,10,19H2,1-2H3,(H,20,22);1H/t14-;/m1./s1. The SMILES string of the molecule is CN(C)c1ccc(Cl)cc1NC(=O)[C@H](N)Cc1ccccc1.Cl. The number of carbonyl (C=O) groups is 1. The summed E-state index contributed by atoms with van der Waals surface area (Å²) in [4.78, 5) is 14.2. The summed E-state index contributed by atoms with van der Waals surface area (Å²) in [7, 11) is 3.81. The third kappa shape index (κ3) is 5.43. The fraction of sp³-hybridized carbons (Fsp3) is 0.235. The van der Waals surface area contributed by atoms with Crippen molar-refractivity contribution in [2.24, 2.45) is 5.73 Å². The number of amides is 1. The predicted octanol–water partition coefficient (Wildman–Crippen LogP) is 3.34. The maximum absolute atomic E-state index is 12.3. The van der Waals surface area contributed by atoms with E-state index in [1.165, 1.54) is 0 Å². The van der Waals surface area contributed by atoms with Crippen LogP contribution in [0.1, 0.15) is 5.56 Å². The Morgan fingerprint density at radius 1 is 1.22 bits per heavy atom. The highest BCUT2D eigenvalue weighted by Gasteiger charge is 2.16. The highest BCUT2D eigenvalue weighted by atomic mass is 35.5. The zero-order valence-electron chi connectivity index (χ0n) is 13.1. The molecule has 3 N–H and O–H groups in total. The van der Waals surface area contributed by atoms with Crippen molar-refractivity contribution >= 4 is 41.3 Å². The second kappa shape index (κ2) is 8.77. The topological polar surface area (TPSA) is 58.4 Å². The second-order valence-electron chi connectivity index (χ2n) is 5.34. The summed E-state index contributed by atoms with van der Waals surface area (Å²) in [5.74, 6) is -0.228. The van der Waals surface area contributed by atoms with E-state index in [1.54, 1.807) is 12.1 Å². The monoisotopic (exact) mass is 353 g/mol. The Hall–Kier alpha value is -1.75. The van der Waals surface area contributed by atoms with Crippen molar-refractivity contribution in [2.75, 3.05) is 24.3 Å².